The Bertz CT molecular complexity index is 1610. The molecule has 38 heavy (non-hydrogen) atoms. The molecule has 1 spiro atoms. The van der Waals surface area contributed by atoms with Gasteiger partial charge in [0, 0.05) is 47.9 Å². The van der Waals surface area contributed by atoms with Gasteiger partial charge in [-0.3, -0.25) is 4.98 Å². The molecule has 0 radical (unpaired) electrons. The zero-order valence-corrected chi connectivity index (χ0v) is 22.3. The van der Waals surface area contributed by atoms with Crippen LogP contribution in [0.2, 0.25) is 10.0 Å². The summed E-state index contributed by atoms with van der Waals surface area (Å²) < 4.78 is 20.7. The molecule has 0 unspecified atom stereocenters. The molecule has 2 aliphatic carbocycles. The fourth-order valence-electron chi connectivity index (χ4n) is 5.74. The van der Waals surface area contributed by atoms with Crippen molar-refractivity contribution in [1.29, 1.82) is 0 Å². The molecule has 7 nitrogen and oxygen atoms in total. The predicted molar refractivity (Wildman–Crippen MR) is 145 cm³/mol. The lowest BCUT2D eigenvalue weighted by Gasteiger charge is -2.58. The van der Waals surface area contributed by atoms with Crippen molar-refractivity contribution in [3.8, 4) is 11.3 Å². The first-order chi connectivity index (χ1) is 18.3. The highest BCUT2D eigenvalue weighted by atomic mass is 35.5. The van der Waals surface area contributed by atoms with Crippen LogP contribution in [0.3, 0.4) is 0 Å². The van der Waals surface area contributed by atoms with E-state index in [1.807, 2.05) is 0 Å². The number of hydrogen-bond donors (Lipinski definition) is 1. The number of allylic oxidation sites excluding steroid dienone is 1. The molecule has 11 heteroatoms. The quantitative estimate of drug-likeness (QED) is 0.260. The molecule has 3 aliphatic rings. The van der Waals surface area contributed by atoms with Gasteiger partial charge >= 0.3 is 5.97 Å². The van der Waals surface area contributed by atoms with Crippen molar-refractivity contribution in [2.24, 2.45) is 11.3 Å². The molecular formula is C27H21Cl2FN4O3S. The number of carboxylic acids is 1. The van der Waals surface area contributed by atoms with Crippen LogP contribution in [0.25, 0.3) is 27.6 Å². The molecule has 4 heterocycles. The van der Waals surface area contributed by atoms with Crippen molar-refractivity contribution in [2.75, 3.05) is 18.0 Å². The maximum absolute atomic E-state index is 14.4. The van der Waals surface area contributed by atoms with Crippen LogP contribution in [0.5, 0.6) is 0 Å². The molecule has 0 bridgehead atoms. The number of carboxylic acid groups (broad SMARTS) is 1. The Morgan fingerprint density at radius 1 is 1.21 bits per heavy atom. The second-order valence-corrected chi connectivity index (χ2v) is 12.4. The second-order valence-electron chi connectivity index (χ2n) is 10.6. The topological polar surface area (TPSA) is 92.3 Å². The first-order valence-corrected chi connectivity index (χ1v) is 13.9. The Balaban J connectivity index is 1.05. The molecule has 1 saturated heterocycles. The van der Waals surface area contributed by atoms with Gasteiger partial charge in [0.15, 0.2) is 10.9 Å². The van der Waals surface area contributed by atoms with Crippen LogP contribution in [0.15, 0.2) is 35.1 Å². The van der Waals surface area contributed by atoms with Crippen LogP contribution in [-0.2, 0) is 0 Å². The SMILES string of the molecule is O=C(O)c1cc(F)c2nc(N3CC4(CC(C=Cc5c(-c6c(Cl)cncc6Cl)noc5C5CC5)C4)C3)sc2c1. The first-order valence-electron chi connectivity index (χ1n) is 12.4. The van der Waals surface area contributed by atoms with Crippen molar-refractivity contribution in [3.63, 3.8) is 0 Å². The van der Waals surface area contributed by atoms with E-state index in [4.69, 9.17) is 27.7 Å². The summed E-state index contributed by atoms with van der Waals surface area (Å²) in [5.41, 5.74) is 2.63. The molecule has 3 aromatic heterocycles. The van der Waals surface area contributed by atoms with Crippen molar-refractivity contribution in [3.05, 3.63) is 63.4 Å². The summed E-state index contributed by atoms with van der Waals surface area (Å²) in [5, 5.41) is 15.1. The van der Waals surface area contributed by atoms with Crippen LogP contribution < -0.4 is 4.90 Å². The Kier molecular flexibility index (Phi) is 5.55. The maximum Gasteiger partial charge on any atom is 0.335 e. The van der Waals surface area contributed by atoms with Gasteiger partial charge < -0.3 is 14.5 Å². The summed E-state index contributed by atoms with van der Waals surface area (Å²) in [6.07, 6.45) is 11.7. The van der Waals surface area contributed by atoms with Crippen LogP contribution in [0.1, 0.15) is 53.3 Å². The summed E-state index contributed by atoms with van der Waals surface area (Å²) in [5.74, 6) is -0.0425. The van der Waals surface area contributed by atoms with Crippen LogP contribution in [0, 0.1) is 17.2 Å². The van der Waals surface area contributed by atoms with Crippen LogP contribution in [0.4, 0.5) is 9.52 Å². The molecule has 1 N–H and O–H groups in total. The van der Waals surface area contributed by atoms with Gasteiger partial charge in [-0.2, -0.15) is 0 Å². The molecule has 0 amide bonds. The number of nitrogens with zero attached hydrogens (tertiary/aromatic N) is 4. The van der Waals surface area contributed by atoms with Crippen LogP contribution in [-0.4, -0.2) is 39.3 Å². The van der Waals surface area contributed by atoms with Gasteiger partial charge in [0.1, 0.15) is 17.0 Å². The van der Waals surface area contributed by atoms with Crippen molar-refractivity contribution < 1.29 is 18.8 Å². The minimum Gasteiger partial charge on any atom is -0.478 e. The third-order valence-electron chi connectivity index (χ3n) is 7.73. The average Bonchev–Trinajstić information content (AvgIpc) is 3.44. The van der Waals surface area contributed by atoms with E-state index >= 15 is 0 Å². The van der Waals surface area contributed by atoms with Gasteiger partial charge in [-0.05, 0) is 43.7 Å². The number of thiazole rings is 1. The molecule has 194 valence electrons. The van der Waals surface area contributed by atoms with E-state index in [9.17, 15) is 14.3 Å². The minimum absolute atomic E-state index is 0.0619. The maximum atomic E-state index is 14.4. The van der Waals surface area contributed by atoms with E-state index in [0.29, 0.717) is 37.8 Å². The first kappa shape index (κ1) is 24.1. The summed E-state index contributed by atoms with van der Waals surface area (Å²) in [6.45, 7) is 1.72. The smallest absolute Gasteiger partial charge is 0.335 e. The molecule has 7 rings (SSSR count). The Labute approximate surface area is 230 Å². The van der Waals surface area contributed by atoms with Gasteiger partial charge in [0.2, 0.25) is 0 Å². The summed E-state index contributed by atoms with van der Waals surface area (Å²) in [4.78, 5) is 21.9. The zero-order chi connectivity index (χ0) is 26.2. The van der Waals surface area contributed by atoms with Gasteiger partial charge in [0.05, 0.1) is 20.3 Å². The molecule has 1 aliphatic heterocycles. The van der Waals surface area contributed by atoms with Crippen LogP contribution >= 0.6 is 34.5 Å². The van der Waals surface area contributed by atoms with E-state index in [2.05, 4.69) is 32.2 Å². The summed E-state index contributed by atoms with van der Waals surface area (Å²) in [7, 11) is 0. The highest BCUT2D eigenvalue weighted by Crippen LogP contribution is 2.54. The lowest BCUT2D eigenvalue weighted by molar-refractivity contribution is 0.0485. The van der Waals surface area contributed by atoms with E-state index in [1.165, 1.54) is 17.4 Å². The largest absolute Gasteiger partial charge is 0.478 e. The van der Waals surface area contributed by atoms with E-state index in [0.717, 1.165) is 61.3 Å². The lowest BCUT2D eigenvalue weighted by Crippen LogP contribution is -2.62. The highest BCUT2D eigenvalue weighted by molar-refractivity contribution is 7.22. The van der Waals surface area contributed by atoms with E-state index in [-0.39, 0.29) is 16.5 Å². The van der Waals surface area contributed by atoms with E-state index < -0.39 is 11.8 Å². The summed E-state index contributed by atoms with van der Waals surface area (Å²) >= 11 is 14.2. The van der Waals surface area contributed by atoms with Crippen molar-refractivity contribution in [2.45, 2.75) is 31.6 Å². The van der Waals surface area contributed by atoms with Gasteiger partial charge in [-0.1, -0.05) is 51.8 Å². The fraction of sp³-hybridized carbons (Fsp3) is 0.333. The standard InChI is InChI=1S/C27H21Cl2FN4O3S/c28-17-9-31-10-18(29)21(17)22-16(24(37-33-22)14-2-3-14)4-1-13-7-27(8-13)11-34(12-27)26-32-23-19(30)5-15(25(35)36)6-20(23)38-26/h1,4-6,9-10,13-14H,2-3,7-8,11-12H2,(H,35,36). The number of rotatable bonds is 6. The van der Waals surface area contributed by atoms with Gasteiger partial charge in [0.25, 0.3) is 0 Å². The highest BCUT2D eigenvalue weighted by Gasteiger charge is 2.52. The number of halogens is 3. The number of fused-ring (bicyclic) bond motifs is 1. The van der Waals surface area contributed by atoms with E-state index in [1.54, 1.807) is 12.4 Å². The predicted octanol–water partition coefficient (Wildman–Crippen LogP) is 7.30. The monoisotopic (exact) mass is 570 g/mol. The number of carbonyl (C=O) groups is 1. The lowest BCUT2D eigenvalue weighted by atomic mass is 9.58. The minimum atomic E-state index is -1.15. The Morgan fingerprint density at radius 3 is 2.63 bits per heavy atom. The normalized spacial score (nSPS) is 18.9. The molecule has 0 atom stereocenters. The number of anilines is 1. The second kappa shape index (κ2) is 8.76. The number of aromatic carboxylic acids is 1. The van der Waals surface area contributed by atoms with Crippen molar-refractivity contribution in [1.82, 2.24) is 15.1 Å². The van der Waals surface area contributed by atoms with Gasteiger partial charge in [-0.15, -0.1) is 0 Å². The fourth-order valence-corrected chi connectivity index (χ4v) is 7.30. The number of hydrogen-bond acceptors (Lipinski definition) is 7. The molecule has 4 aromatic rings. The summed E-state index contributed by atoms with van der Waals surface area (Å²) in [6, 6.07) is 2.52. The number of pyridine rings is 1. The zero-order valence-electron chi connectivity index (χ0n) is 20.0. The Morgan fingerprint density at radius 2 is 1.95 bits per heavy atom. The molecule has 2 saturated carbocycles. The number of benzene rings is 1. The molecule has 1 aromatic carbocycles. The number of aromatic nitrogens is 3. The van der Waals surface area contributed by atoms with Crippen molar-refractivity contribution >= 4 is 61.9 Å². The third kappa shape index (κ3) is 3.99. The molecular weight excluding hydrogens is 550 g/mol. The average molecular weight is 571 g/mol. The molecule has 3 fully saturated rings. The Hall–Kier alpha value is -3.01. The third-order valence-corrected chi connectivity index (χ3v) is 9.36. The van der Waals surface area contributed by atoms with Gasteiger partial charge in [-0.25, -0.2) is 14.2 Å².